The van der Waals surface area contributed by atoms with E-state index in [1.165, 1.54) is 0 Å². The number of imidazole rings is 1. The minimum absolute atomic E-state index is 0.783. The molecule has 1 rings (SSSR count). The molecule has 1 heterocycles. The predicted molar refractivity (Wildman–Crippen MR) is 53.3 cm³/mol. The van der Waals surface area contributed by atoms with Crippen LogP contribution in [0.25, 0.3) is 0 Å². The van der Waals surface area contributed by atoms with Crippen molar-refractivity contribution < 1.29 is 0 Å². The van der Waals surface area contributed by atoms with E-state index >= 15 is 0 Å². The summed E-state index contributed by atoms with van der Waals surface area (Å²) in [7, 11) is 0. The molecule has 0 aliphatic rings. The molecule has 74 valence electrons. The second-order valence-electron chi connectivity index (χ2n) is 3.17. The first-order valence-electron chi connectivity index (χ1n) is 4.74. The Labute approximate surface area is 78.9 Å². The van der Waals surface area contributed by atoms with E-state index in [1.807, 2.05) is 13.1 Å². The molecule has 0 atom stereocenters. The van der Waals surface area contributed by atoms with Gasteiger partial charge in [-0.05, 0) is 32.9 Å². The summed E-state index contributed by atoms with van der Waals surface area (Å²) < 4.78 is 0. The molecule has 0 saturated heterocycles. The molecule has 13 heavy (non-hydrogen) atoms. The molecule has 4 N–H and O–H groups in total. The molecule has 4 heteroatoms. The molecule has 0 spiro atoms. The van der Waals surface area contributed by atoms with Crippen molar-refractivity contribution in [2.75, 3.05) is 13.1 Å². The Kier molecular flexibility index (Phi) is 4.49. The van der Waals surface area contributed by atoms with Crippen molar-refractivity contribution >= 4 is 0 Å². The average Bonchev–Trinajstić information content (AvgIpc) is 2.51. The highest BCUT2D eigenvalue weighted by Gasteiger charge is 1.94. The Morgan fingerprint density at radius 1 is 1.54 bits per heavy atom. The van der Waals surface area contributed by atoms with Crippen LogP contribution >= 0.6 is 0 Å². The Hall–Kier alpha value is -0.870. The van der Waals surface area contributed by atoms with Crippen LogP contribution in [0.2, 0.25) is 0 Å². The predicted octanol–water partition coefficient (Wildman–Crippen LogP) is 0.547. The second-order valence-corrected chi connectivity index (χ2v) is 3.17. The highest BCUT2D eigenvalue weighted by atomic mass is 14.9. The van der Waals surface area contributed by atoms with Gasteiger partial charge in [0.25, 0.3) is 0 Å². The van der Waals surface area contributed by atoms with Crippen molar-refractivity contribution in [2.24, 2.45) is 5.73 Å². The molecule has 1 aromatic rings. The van der Waals surface area contributed by atoms with Gasteiger partial charge in [-0.3, -0.25) is 0 Å². The summed E-state index contributed by atoms with van der Waals surface area (Å²) in [6.07, 6.45) is 4.10. The largest absolute Gasteiger partial charge is 0.345 e. The number of nitrogens with zero attached hydrogens (tertiary/aromatic N) is 1. The number of rotatable bonds is 6. The zero-order valence-electron chi connectivity index (χ0n) is 8.14. The average molecular weight is 182 g/mol. The second kappa shape index (κ2) is 5.72. The summed E-state index contributed by atoms with van der Waals surface area (Å²) >= 11 is 0. The zero-order chi connectivity index (χ0) is 9.52. The first-order valence-corrected chi connectivity index (χ1v) is 4.74. The van der Waals surface area contributed by atoms with Crippen LogP contribution in [0, 0.1) is 6.92 Å². The molecular weight excluding hydrogens is 164 g/mol. The third kappa shape index (κ3) is 4.05. The third-order valence-corrected chi connectivity index (χ3v) is 1.88. The molecular formula is C9H18N4. The fourth-order valence-corrected chi connectivity index (χ4v) is 1.18. The number of hydrogen-bond donors (Lipinski definition) is 3. The van der Waals surface area contributed by atoms with E-state index in [1.54, 1.807) is 0 Å². The molecule has 0 radical (unpaired) electrons. The standard InChI is InChI=1S/C9H18N4/c1-8-12-7-9(13-8)6-11-5-3-2-4-10/h7,11H,2-6,10H2,1H3,(H,12,13). The third-order valence-electron chi connectivity index (χ3n) is 1.88. The topological polar surface area (TPSA) is 66.7 Å². The quantitative estimate of drug-likeness (QED) is 0.563. The van der Waals surface area contributed by atoms with E-state index in [9.17, 15) is 0 Å². The number of H-pyrrole nitrogens is 1. The van der Waals surface area contributed by atoms with Crippen LogP contribution < -0.4 is 11.1 Å². The SMILES string of the molecule is Cc1ncc(CNCCCCN)[nH]1. The molecule has 0 aliphatic heterocycles. The van der Waals surface area contributed by atoms with Crippen LogP contribution in [0.5, 0.6) is 0 Å². The Bertz CT molecular complexity index is 231. The van der Waals surface area contributed by atoms with Crippen molar-refractivity contribution in [2.45, 2.75) is 26.3 Å². The van der Waals surface area contributed by atoms with Gasteiger partial charge in [0.1, 0.15) is 5.82 Å². The summed E-state index contributed by atoms with van der Waals surface area (Å²) in [6, 6.07) is 0. The lowest BCUT2D eigenvalue weighted by atomic mass is 10.3. The molecule has 1 aromatic heterocycles. The van der Waals surface area contributed by atoms with Crippen LogP contribution in [0.15, 0.2) is 6.20 Å². The summed E-state index contributed by atoms with van der Waals surface area (Å²) in [5.41, 5.74) is 6.52. The fraction of sp³-hybridized carbons (Fsp3) is 0.667. The lowest BCUT2D eigenvalue weighted by molar-refractivity contribution is 0.621. The number of aromatic nitrogens is 2. The van der Waals surface area contributed by atoms with Crippen molar-refractivity contribution in [1.29, 1.82) is 0 Å². The van der Waals surface area contributed by atoms with Gasteiger partial charge >= 0.3 is 0 Å². The van der Waals surface area contributed by atoms with Gasteiger partial charge in [0, 0.05) is 18.4 Å². The van der Waals surface area contributed by atoms with E-state index in [2.05, 4.69) is 15.3 Å². The molecule has 4 nitrogen and oxygen atoms in total. The molecule has 0 fully saturated rings. The van der Waals surface area contributed by atoms with Gasteiger partial charge in [-0.25, -0.2) is 4.98 Å². The Balaban J connectivity index is 2.06. The van der Waals surface area contributed by atoms with Gasteiger partial charge in [-0.1, -0.05) is 0 Å². The summed E-state index contributed by atoms with van der Waals surface area (Å²) in [5, 5.41) is 3.32. The fourth-order valence-electron chi connectivity index (χ4n) is 1.18. The van der Waals surface area contributed by atoms with Crippen molar-refractivity contribution in [1.82, 2.24) is 15.3 Å². The normalized spacial score (nSPS) is 10.6. The van der Waals surface area contributed by atoms with Gasteiger partial charge in [-0.15, -0.1) is 0 Å². The highest BCUT2D eigenvalue weighted by Crippen LogP contribution is 1.94. The van der Waals surface area contributed by atoms with Gasteiger partial charge in [0.2, 0.25) is 0 Å². The minimum atomic E-state index is 0.783. The number of unbranched alkanes of at least 4 members (excludes halogenated alkanes) is 1. The number of nitrogens with one attached hydrogen (secondary N) is 2. The van der Waals surface area contributed by atoms with Crippen LogP contribution in [0.4, 0.5) is 0 Å². The van der Waals surface area contributed by atoms with E-state index in [4.69, 9.17) is 5.73 Å². The van der Waals surface area contributed by atoms with Crippen LogP contribution in [0.1, 0.15) is 24.4 Å². The number of hydrogen-bond acceptors (Lipinski definition) is 3. The smallest absolute Gasteiger partial charge is 0.103 e. The number of aromatic amines is 1. The van der Waals surface area contributed by atoms with Crippen molar-refractivity contribution in [3.8, 4) is 0 Å². The van der Waals surface area contributed by atoms with Crippen LogP contribution in [0.3, 0.4) is 0 Å². The zero-order valence-corrected chi connectivity index (χ0v) is 8.14. The van der Waals surface area contributed by atoms with Gasteiger partial charge in [0.05, 0.1) is 0 Å². The first-order chi connectivity index (χ1) is 6.33. The maximum absolute atomic E-state index is 5.38. The summed E-state index contributed by atoms with van der Waals surface area (Å²) in [4.78, 5) is 7.28. The molecule has 0 amide bonds. The first kappa shape index (κ1) is 10.2. The van der Waals surface area contributed by atoms with E-state index in [0.29, 0.717) is 0 Å². The van der Waals surface area contributed by atoms with Crippen LogP contribution in [-0.2, 0) is 6.54 Å². The lowest BCUT2D eigenvalue weighted by Gasteiger charge is -2.01. The van der Waals surface area contributed by atoms with Gasteiger partial charge in [0.15, 0.2) is 0 Å². The number of nitrogens with two attached hydrogens (primary N) is 1. The van der Waals surface area contributed by atoms with Crippen molar-refractivity contribution in [3.63, 3.8) is 0 Å². The Morgan fingerprint density at radius 2 is 2.38 bits per heavy atom. The lowest BCUT2D eigenvalue weighted by Crippen LogP contribution is -2.16. The van der Waals surface area contributed by atoms with E-state index < -0.39 is 0 Å². The summed E-state index contributed by atoms with van der Waals surface area (Å²) in [6.45, 7) is 4.63. The highest BCUT2D eigenvalue weighted by molar-refractivity contribution is 4.98. The monoisotopic (exact) mass is 182 g/mol. The van der Waals surface area contributed by atoms with Gasteiger partial charge < -0.3 is 16.0 Å². The Morgan fingerprint density at radius 3 is 3.00 bits per heavy atom. The maximum atomic E-state index is 5.38. The van der Waals surface area contributed by atoms with Crippen LogP contribution in [-0.4, -0.2) is 23.1 Å². The number of aryl methyl sites for hydroxylation is 1. The van der Waals surface area contributed by atoms with Gasteiger partial charge in [-0.2, -0.15) is 0 Å². The minimum Gasteiger partial charge on any atom is -0.345 e. The van der Waals surface area contributed by atoms with E-state index in [-0.39, 0.29) is 0 Å². The molecule has 0 aliphatic carbocycles. The molecule has 0 unspecified atom stereocenters. The van der Waals surface area contributed by atoms with Crippen molar-refractivity contribution in [3.05, 3.63) is 17.7 Å². The molecule has 0 saturated carbocycles. The molecule has 0 aromatic carbocycles. The molecule has 0 bridgehead atoms. The summed E-state index contributed by atoms with van der Waals surface area (Å²) in [5.74, 6) is 0.971. The maximum Gasteiger partial charge on any atom is 0.103 e. The van der Waals surface area contributed by atoms with E-state index in [0.717, 1.165) is 44.0 Å².